The average molecular weight is 616 g/mol. The SMILES string of the molecule is O=C(O)c1cc(F)c2nc(CN3CCC(Oc4ccnc(COc5ccc(C(F)F)cc5F)n4)CC3)n(C[C@@H]3CCO3)c2c1. The topological polar surface area (TPSA) is 112 Å². The van der Waals surface area contributed by atoms with E-state index in [1.54, 1.807) is 6.07 Å². The molecular formula is C30H29F4N5O5. The minimum absolute atomic E-state index is 0.0324. The van der Waals surface area contributed by atoms with Gasteiger partial charge in [0, 0.05) is 37.5 Å². The Kier molecular flexibility index (Phi) is 8.62. The van der Waals surface area contributed by atoms with Crippen LogP contribution in [0.1, 0.15) is 53.3 Å². The quantitative estimate of drug-likeness (QED) is 0.229. The maximum atomic E-state index is 14.8. The molecule has 2 aromatic heterocycles. The van der Waals surface area contributed by atoms with Crippen molar-refractivity contribution in [3.63, 3.8) is 0 Å². The molecule has 44 heavy (non-hydrogen) atoms. The van der Waals surface area contributed by atoms with E-state index >= 15 is 0 Å². The van der Waals surface area contributed by atoms with E-state index in [-0.39, 0.29) is 41.5 Å². The number of imidazole rings is 1. The van der Waals surface area contributed by atoms with Crippen molar-refractivity contribution in [3.05, 3.63) is 77.0 Å². The van der Waals surface area contributed by atoms with E-state index < -0.39 is 29.6 Å². The van der Waals surface area contributed by atoms with E-state index in [4.69, 9.17) is 14.2 Å². The standard InChI is InChI=1S/C30H29F4N5O5/c31-21-11-17(29(33)34)1-2-24(21)43-16-25-35-7-3-27(36-25)44-19-4-8-38(9-5-19)15-26-37-28-22(32)12-18(30(40)41)13-23(28)39(26)14-20-6-10-42-20/h1-3,7,11-13,19-20,29H,4-6,8-10,14-16H2,(H,40,41)/t20-/m0/s1. The van der Waals surface area contributed by atoms with Crippen LogP contribution in [0.25, 0.3) is 11.0 Å². The van der Waals surface area contributed by atoms with Gasteiger partial charge in [-0.1, -0.05) is 0 Å². The third-order valence-corrected chi connectivity index (χ3v) is 7.74. The molecule has 0 bridgehead atoms. The molecule has 2 aliphatic rings. The summed E-state index contributed by atoms with van der Waals surface area (Å²) in [5.74, 6) is -1.76. The monoisotopic (exact) mass is 615 g/mol. The van der Waals surface area contributed by atoms with Gasteiger partial charge in [0.05, 0.1) is 30.3 Å². The summed E-state index contributed by atoms with van der Waals surface area (Å²) in [6.45, 7) is 2.73. The molecule has 4 heterocycles. The number of halogens is 4. The fraction of sp³-hybridized carbons (Fsp3) is 0.400. The van der Waals surface area contributed by atoms with Gasteiger partial charge in [-0.25, -0.2) is 32.3 Å². The number of nitrogens with zero attached hydrogens (tertiary/aromatic N) is 5. The molecule has 0 spiro atoms. The lowest BCUT2D eigenvalue weighted by atomic mass is 10.1. The highest BCUT2D eigenvalue weighted by atomic mass is 19.3. The summed E-state index contributed by atoms with van der Waals surface area (Å²) in [7, 11) is 0. The van der Waals surface area contributed by atoms with E-state index in [9.17, 15) is 27.5 Å². The van der Waals surface area contributed by atoms with Gasteiger partial charge in [0.1, 0.15) is 24.1 Å². The second-order valence-electron chi connectivity index (χ2n) is 10.7. The van der Waals surface area contributed by atoms with Crippen molar-refractivity contribution in [2.45, 2.75) is 57.6 Å². The van der Waals surface area contributed by atoms with Crippen LogP contribution in [0.15, 0.2) is 42.6 Å². The van der Waals surface area contributed by atoms with Crippen LogP contribution < -0.4 is 9.47 Å². The number of benzene rings is 2. The van der Waals surface area contributed by atoms with Crippen molar-refractivity contribution in [1.29, 1.82) is 0 Å². The van der Waals surface area contributed by atoms with Gasteiger partial charge in [-0.15, -0.1) is 0 Å². The lowest BCUT2D eigenvalue weighted by Crippen LogP contribution is -2.39. The van der Waals surface area contributed by atoms with Crippen molar-refractivity contribution in [3.8, 4) is 11.6 Å². The predicted molar refractivity (Wildman–Crippen MR) is 148 cm³/mol. The molecule has 10 nitrogen and oxygen atoms in total. The van der Waals surface area contributed by atoms with Crippen LogP contribution in [-0.4, -0.2) is 67.4 Å². The molecule has 2 fully saturated rings. The highest BCUT2D eigenvalue weighted by molar-refractivity contribution is 5.92. The average Bonchev–Trinajstić information content (AvgIpc) is 3.32. The number of carboxylic acids is 1. The molecule has 0 saturated carbocycles. The molecule has 0 aliphatic carbocycles. The Hall–Kier alpha value is -4.30. The van der Waals surface area contributed by atoms with E-state index in [2.05, 4.69) is 19.9 Å². The Bertz CT molecular complexity index is 1660. The minimum Gasteiger partial charge on any atom is -0.483 e. The smallest absolute Gasteiger partial charge is 0.335 e. The van der Waals surface area contributed by atoms with Gasteiger partial charge in [0.2, 0.25) is 5.88 Å². The molecule has 2 aliphatic heterocycles. The number of likely N-dealkylation sites (tertiary alicyclic amines) is 1. The molecule has 1 N–H and O–H groups in total. The molecular weight excluding hydrogens is 586 g/mol. The molecule has 4 aromatic rings. The fourth-order valence-corrected chi connectivity index (χ4v) is 5.29. The first-order valence-electron chi connectivity index (χ1n) is 14.2. The van der Waals surface area contributed by atoms with Crippen LogP contribution in [0.5, 0.6) is 11.6 Å². The molecule has 6 rings (SSSR count). The van der Waals surface area contributed by atoms with E-state index in [1.165, 1.54) is 12.3 Å². The predicted octanol–water partition coefficient (Wildman–Crippen LogP) is 5.15. The van der Waals surface area contributed by atoms with Crippen molar-refractivity contribution >= 4 is 17.0 Å². The maximum absolute atomic E-state index is 14.8. The number of aromatic carboxylic acids is 1. The first-order valence-corrected chi connectivity index (χ1v) is 14.2. The molecule has 14 heteroatoms. The lowest BCUT2D eigenvalue weighted by Gasteiger charge is -2.32. The van der Waals surface area contributed by atoms with Gasteiger partial charge < -0.3 is 23.9 Å². The number of hydrogen-bond acceptors (Lipinski definition) is 8. The Morgan fingerprint density at radius 2 is 1.86 bits per heavy atom. The summed E-state index contributed by atoms with van der Waals surface area (Å²) in [5, 5.41) is 9.43. The molecule has 0 unspecified atom stereocenters. The summed E-state index contributed by atoms with van der Waals surface area (Å²) < 4.78 is 73.4. The molecule has 1 atom stereocenters. The Balaban J connectivity index is 1.07. The Morgan fingerprint density at radius 1 is 1.07 bits per heavy atom. The highest BCUT2D eigenvalue weighted by Crippen LogP contribution is 2.28. The first kappa shape index (κ1) is 29.8. The second-order valence-corrected chi connectivity index (χ2v) is 10.7. The van der Waals surface area contributed by atoms with Gasteiger partial charge in [0.15, 0.2) is 23.2 Å². The zero-order chi connectivity index (χ0) is 30.8. The summed E-state index contributed by atoms with van der Waals surface area (Å²) in [6, 6.07) is 7.03. The molecule has 0 amide bonds. The number of piperidine rings is 1. The summed E-state index contributed by atoms with van der Waals surface area (Å²) >= 11 is 0. The zero-order valence-electron chi connectivity index (χ0n) is 23.5. The Morgan fingerprint density at radius 3 is 2.55 bits per heavy atom. The van der Waals surface area contributed by atoms with Crippen molar-refractivity contribution in [2.24, 2.45) is 0 Å². The number of alkyl halides is 2. The summed E-state index contributed by atoms with van der Waals surface area (Å²) in [5.41, 5.74) is 0.00424. The van der Waals surface area contributed by atoms with Crippen molar-refractivity contribution in [1.82, 2.24) is 24.4 Å². The molecule has 232 valence electrons. The second kappa shape index (κ2) is 12.7. The van der Waals surface area contributed by atoms with Crippen LogP contribution in [0.2, 0.25) is 0 Å². The third kappa shape index (κ3) is 6.60. The van der Waals surface area contributed by atoms with Crippen LogP contribution in [0.3, 0.4) is 0 Å². The van der Waals surface area contributed by atoms with Gasteiger partial charge in [-0.2, -0.15) is 4.98 Å². The van der Waals surface area contributed by atoms with E-state index in [1.807, 2.05) is 4.57 Å². The van der Waals surface area contributed by atoms with Crippen LogP contribution in [0, 0.1) is 11.6 Å². The summed E-state index contributed by atoms with van der Waals surface area (Å²) in [6.07, 6.45) is 0.781. The van der Waals surface area contributed by atoms with E-state index in [0.717, 1.165) is 30.7 Å². The van der Waals surface area contributed by atoms with Crippen molar-refractivity contribution in [2.75, 3.05) is 19.7 Å². The maximum Gasteiger partial charge on any atom is 0.335 e. The Labute approximate surface area is 249 Å². The normalized spacial score (nSPS) is 17.6. The van der Waals surface area contributed by atoms with Crippen LogP contribution >= 0.6 is 0 Å². The van der Waals surface area contributed by atoms with Gasteiger partial charge in [0.25, 0.3) is 6.43 Å². The first-order chi connectivity index (χ1) is 21.2. The third-order valence-electron chi connectivity index (χ3n) is 7.74. The summed E-state index contributed by atoms with van der Waals surface area (Å²) in [4.78, 5) is 26.7. The van der Waals surface area contributed by atoms with Gasteiger partial charge in [-0.3, -0.25) is 4.90 Å². The number of aromatic nitrogens is 4. The van der Waals surface area contributed by atoms with Crippen LogP contribution in [-0.2, 0) is 24.4 Å². The minimum atomic E-state index is -2.78. The molecule has 0 radical (unpaired) electrons. The van der Waals surface area contributed by atoms with Crippen LogP contribution in [0.4, 0.5) is 17.6 Å². The molecule has 2 aromatic carbocycles. The molecule has 2 saturated heterocycles. The number of hydrogen-bond donors (Lipinski definition) is 1. The number of ether oxygens (including phenoxy) is 3. The number of fused-ring (bicyclic) bond motifs is 1. The fourth-order valence-electron chi connectivity index (χ4n) is 5.29. The van der Waals surface area contributed by atoms with Gasteiger partial charge in [-0.05, 0) is 49.6 Å². The lowest BCUT2D eigenvalue weighted by molar-refractivity contribution is -0.0592. The largest absolute Gasteiger partial charge is 0.483 e. The van der Waals surface area contributed by atoms with E-state index in [0.29, 0.717) is 62.8 Å². The van der Waals surface area contributed by atoms with Gasteiger partial charge >= 0.3 is 5.97 Å². The number of rotatable bonds is 11. The number of carboxylic acid groups (broad SMARTS) is 1. The highest BCUT2D eigenvalue weighted by Gasteiger charge is 2.27. The van der Waals surface area contributed by atoms with Crippen molar-refractivity contribution < 1.29 is 41.7 Å². The zero-order valence-corrected chi connectivity index (χ0v) is 23.5. The number of carbonyl (C=O) groups is 1.